The molecule has 1 rings (SSSR count). The lowest BCUT2D eigenvalue weighted by Gasteiger charge is -2.14. The Morgan fingerprint density at radius 3 is 2.65 bits per heavy atom. The van der Waals surface area contributed by atoms with Gasteiger partial charge in [0.25, 0.3) is 0 Å². The molecule has 0 atom stereocenters. The number of nitrogens with zero attached hydrogens (tertiary/aromatic N) is 1. The van der Waals surface area contributed by atoms with Gasteiger partial charge in [0.1, 0.15) is 0 Å². The molecule has 1 aromatic carbocycles. The van der Waals surface area contributed by atoms with Gasteiger partial charge < -0.3 is 15.4 Å². The van der Waals surface area contributed by atoms with Gasteiger partial charge in [-0.3, -0.25) is 4.99 Å². The maximum atomic E-state index is 5.53. The van der Waals surface area contributed by atoms with E-state index in [1.54, 1.807) is 18.8 Å². The Balaban J connectivity index is 0.00000484. The quantitative estimate of drug-likeness (QED) is 0.208. The Kier molecular flexibility index (Phi) is 12.6. The third kappa shape index (κ3) is 9.42. The van der Waals surface area contributed by atoms with Gasteiger partial charge in [-0.1, -0.05) is 12.1 Å². The Morgan fingerprint density at radius 1 is 1.30 bits per heavy atom. The van der Waals surface area contributed by atoms with Crippen molar-refractivity contribution in [3.8, 4) is 0 Å². The van der Waals surface area contributed by atoms with E-state index >= 15 is 0 Å². The van der Waals surface area contributed by atoms with Crippen LogP contribution in [0.3, 0.4) is 0 Å². The first kappa shape index (κ1) is 22.5. The van der Waals surface area contributed by atoms with Crippen molar-refractivity contribution in [3.05, 3.63) is 29.3 Å². The predicted molar refractivity (Wildman–Crippen MR) is 112 cm³/mol. The SMILES string of the molecule is CN=C(NCCCOC(C)C)NCc1ccc(C)cc1SC.I. The number of aliphatic imine (C=N–C) groups is 1. The number of hydrogen-bond acceptors (Lipinski definition) is 3. The lowest BCUT2D eigenvalue weighted by molar-refractivity contribution is 0.0776. The molecule has 0 aliphatic heterocycles. The summed E-state index contributed by atoms with van der Waals surface area (Å²) in [6.45, 7) is 8.64. The summed E-state index contributed by atoms with van der Waals surface area (Å²) in [7, 11) is 1.80. The number of halogens is 1. The van der Waals surface area contributed by atoms with Crippen molar-refractivity contribution < 1.29 is 4.74 Å². The second kappa shape index (κ2) is 12.9. The summed E-state index contributed by atoms with van der Waals surface area (Å²) in [6, 6.07) is 6.55. The minimum Gasteiger partial charge on any atom is -0.379 e. The van der Waals surface area contributed by atoms with Crippen LogP contribution in [0.2, 0.25) is 0 Å². The fourth-order valence-electron chi connectivity index (χ4n) is 2.00. The first-order valence-corrected chi connectivity index (χ1v) is 8.99. The molecular weight excluding hydrogens is 421 g/mol. The minimum atomic E-state index is 0. The Labute approximate surface area is 162 Å². The van der Waals surface area contributed by atoms with Crippen molar-refractivity contribution in [3.63, 3.8) is 0 Å². The molecule has 0 unspecified atom stereocenters. The van der Waals surface area contributed by atoms with E-state index in [2.05, 4.69) is 60.9 Å². The maximum Gasteiger partial charge on any atom is 0.191 e. The zero-order valence-electron chi connectivity index (χ0n) is 14.8. The number of rotatable bonds is 8. The van der Waals surface area contributed by atoms with Gasteiger partial charge in [-0.05, 0) is 50.6 Å². The highest BCUT2D eigenvalue weighted by Crippen LogP contribution is 2.21. The highest BCUT2D eigenvalue weighted by Gasteiger charge is 2.03. The van der Waals surface area contributed by atoms with Crippen molar-refractivity contribution >= 4 is 41.7 Å². The molecule has 4 nitrogen and oxygen atoms in total. The molecule has 6 heteroatoms. The van der Waals surface area contributed by atoms with Crippen LogP contribution in [0.5, 0.6) is 0 Å². The van der Waals surface area contributed by atoms with Gasteiger partial charge in [-0.15, -0.1) is 35.7 Å². The van der Waals surface area contributed by atoms with E-state index in [0.717, 1.165) is 32.1 Å². The lowest BCUT2D eigenvalue weighted by atomic mass is 10.1. The fourth-order valence-corrected chi connectivity index (χ4v) is 2.70. The highest BCUT2D eigenvalue weighted by molar-refractivity contribution is 14.0. The number of nitrogens with one attached hydrogen (secondary N) is 2. The van der Waals surface area contributed by atoms with Crippen LogP contribution >= 0.6 is 35.7 Å². The second-order valence-electron chi connectivity index (χ2n) is 5.44. The number of thioether (sulfide) groups is 1. The predicted octanol–water partition coefficient (Wildman–Crippen LogP) is 3.82. The van der Waals surface area contributed by atoms with Crippen molar-refractivity contribution in [2.24, 2.45) is 4.99 Å². The molecule has 0 radical (unpaired) electrons. The lowest BCUT2D eigenvalue weighted by Crippen LogP contribution is -2.37. The second-order valence-corrected chi connectivity index (χ2v) is 6.29. The average molecular weight is 451 g/mol. The zero-order valence-corrected chi connectivity index (χ0v) is 18.0. The number of ether oxygens (including phenoxy) is 1. The van der Waals surface area contributed by atoms with E-state index in [0.29, 0.717) is 6.10 Å². The monoisotopic (exact) mass is 451 g/mol. The summed E-state index contributed by atoms with van der Waals surface area (Å²) in [5.41, 5.74) is 2.59. The van der Waals surface area contributed by atoms with Crippen LogP contribution in [-0.4, -0.2) is 38.5 Å². The first-order valence-electron chi connectivity index (χ1n) is 7.76. The molecule has 2 N–H and O–H groups in total. The van der Waals surface area contributed by atoms with Crippen molar-refractivity contribution in [2.75, 3.05) is 26.5 Å². The summed E-state index contributed by atoms with van der Waals surface area (Å²) < 4.78 is 5.53. The fraction of sp³-hybridized carbons (Fsp3) is 0.588. The van der Waals surface area contributed by atoms with Gasteiger partial charge in [0.05, 0.1) is 6.10 Å². The molecule has 0 heterocycles. The third-order valence-corrected chi connectivity index (χ3v) is 4.00. The molecule has 0 fully saturated rings. The van der Waals surface area contributed by atoms with Crippen LogP contribution in [0.25, 0.3) is 0 Å². The number of benzene rings is 1. The normalized spacial score (nSPS) is 11.3. The van der Waals surface area contributed by atoms with Crippen LogP contribution in [0, 0.1) is 6.92 Å². The molecule has 0 saturated carbocycles. The summed E-state index contributed by atoms with van der Waals surface area (Å²) in [5, 5.41) is 6.68. The van der Waals surface area contributed by atoms with Crippen molar-refractivity contribution in [1.82, 2.24) is 10.6 Å². The molecule has 0 saturated heterocycles. The largest absolute Gasteiger partial charge is 0.379 e. The summed E-state index contributed by atoms with van der Waals surface area (Å²) >= 11 is 1.78. The molecule has 132 valence electrons. The number of hydrogen-bond donors (Lipinski definition) is 2. The maximum absolute atomic E-state index is 5.53. The van der Waals surface area contributed by atoms with Crippen molar-refractivity contribution in [2.45, 2.75) is 44.7 Å². The minimum absolute atomic E-state index is 0. The summed E-state index contributed by atoms with van der Waals surface area (Å²) in [4.78, 5) is 5.57. The van der Waals surface area contributed by atoms with Gasteiger partial charge in [0.15, 0.2) is 5.96 Å². The molecule has 0 aromatic heterocycles. The highest BCUT2D eigenvalue weighted by atomic mass is 127. The number of guanidine groups is 1. The Bertz CT molecular complexity index is 481. The van der Waals surface area contributed by atoms with E-state index in [9.17, 15) is 0 Å². The zero-order chi connectivity index (χ0) is 16.4. The number of aryl methyl sites for hydroxylation is 1. The summed E-state index contributed by atoms with van der Waals surface area (Å²) in [6.07, 6.45) is 3.38. The summed E-state index contributed by atoms with van der Waals surface area (Å²) in [5.74, 6) is 0.831. The van der Waals surface area contributed by atoms with Gasteiger partial charge in [-0.2, -0.15) is 0 Å². The molecule has 1 aromatic rings. The van der Waals surface area contributed by atoms with E-state index in [1.807, 2.05) is 0 Å². The molecule has 0 spiro atoms. The van der Waals surface area contributed by atoms with Gasteiger partial charge >= 0.3 is 0 Å². The van der Waals surface area contributed by atoms with E-state index in [1.165, 1.54) is 16.0 Å². The van der Waals surface area contributed by atoms with Crippen LogP contribution in [0.4, 0.5) is 0 Å². The molecular formula is C17H30IN3OS. The molecule has 23 heavy (non-hydrogen) atoms. The standard InChI is InChI=1S/C17H29N3OS.HI/c1-13(2)21-10-6-9-19-17(18-4)20-12-15-8-7-14(3)11-16(15)22-5;/h7-8,11,13H,6,9-10,12H2,1-5H3,(H2,18,19,20);1H. The van der Waals surface area contributed by atoms with Gasteiger partial charge in [0.2, 0.25) is 0 Å². The van der Waals surface area contributed by atoms with Crippen LogP contribution in [-0.2, 0) is 11.3 Å². The van der Waals surface area contributed by atoms with Crippen LogP contribution in [0.1, 0.15) is 31.4 Å². The van der Waals surface area contributed by atoms with E-state index < -0.39 is 0 Å². The van der Waals surface area contributed by atoms with Crippen LogP contribution in [0.15, 0.2) is 28.1 Å². The average Bonchev–Trinajstić information content (AvgIpc) is 2.50. The molecule has 0 bridgehead atoms. The first-order chi connectivity index (χ1) is 10.6. The van der Waals surface area contributed by atoms with E-state index in [-0.39, 0.29) is 24.0 Å². The smallest absolute Gasteiger partial charge is 0.191 e. The topological polar surface area (TPSA) is 45.7 Å². The molecule has 0 aliphatic carbocycles. The van der Waals surface area contributed by atoms with Crippen LogP contribution < -0.4 is 10.6 Å². The van der Waals surface area contributed by atoms with E-state index in [4.69, 9.17) is 4.74 Å². The molecule has 0 amide bonds. The van der Waals surface area contributed by atoms with Gasteiger partial charge in [0, 0.05) is 31.6 Å². The van der Waals surface area contributed by atoms with Gasteiger partial charge in [-0.25, -0.2) is 0 Å². The Hall–Kier alpha value is -0.470. The Morgan fingerprint density at radius 2 is 2.04 bits per heavy atom. The molecule has 0 aliphatic rings. The third-order valence-electron chi connectivity index (χ3n) is 3.18. The van der Waals surface area contributed by atoms with Crippen molar-refractivity contribution in [1.29, 1.82) is 0 Å².